The molecule has 1 N–H and O–H groups in total. The van der Waals surface area contributed by atoms with Crippen LogP contribution in [0.3, 0.4) is 0 Å². The maximum absolute atomic E-state index is 13.2. The zero-order valence-corrected chi connectivity index (χ0v) is 20.3. The Morgan fingerprint density at radius 2 is 1.81 bits per heavy atom. The predicted octanol–water partition coefficient (Wildman–Crippen LogP) is 2.56. The largest absolute Gasteiger partial charge is 0.454 e. The first-order chi connectivity index (χ1) is 18.1. The van der Waals surface area contributed by atoms with Crippen molar-refractivity contribution in [2.75, 3.05) is 44.5 Å². The fourth-order valence-electron chi connectivity index (χ4n) is 4.33. The third-order valence-corrected chi connectivity index (χ3v) is 6.25. The molecule has 3 heterocycles. The zero-order valence-electron chi connectivity index (χ0n) is 20.3. The molecule has 37 heavy (non-hydrogen) atoms. The van der Waals surface area contributed by atoms with Gasteiger partial charge in [0.05, 0.1) is 23.7 Å². The van der Waals surface area contributed by atoms with E-state index in [1.54, 1.807) is 30.0 Å². The lowest BCUT2D eigenvalue weighted by Crippen LogP contribution is -2.49. The van der Waals surface area contributed by atoms with Crippen molar-refractivity contribution in [2.45, 2.75) is 19.4 Å². The fourth-order valence-corrected chi connectivity index (χ4v) is 4.33. The molecule has 2 aromatic carbocycles. The number of carbonyl (C=O) groups excluding carboxylic acids is 2. The number of para-hydroxylation sites is 2. The van der Waals surface area contributed by atoms with Crippen molar-refractivity contribution >= 4 is 28.9 Å². The number of nitrogens with zero attached hydrogens (tertiary/aromatic N) is 5. The molecule has 5 rings (SSSR count). The molecule has 1 aromatic heterocycles. The maximum atomic E-state index is 13.2. The van der Waals surface area contributed by atoms with Crippen molar-refractivity contribution in [3.8, 4) is 17.6 Å². The average molecular weight is 503 g/mol. The molecule has 190 valence electrons. The van der Waals surface area contributed by atoms with Crippen LogP contribution < -0.4 is 19.7 Å². The number of benzene rings is 2. The van der Waals surface area contributed by atoms with Gasteiger partial charge in [-0.05, 0) is 36.8 Å². The zero-order chi connectivity index (χ0) is 25.8. The number of carbonyl (C=O) groups is 2. The van der Waals surface area contributed by atoms with Gasteiger partial charge in [-0.2, -0.15) is 5.26 Å². The van der Waals surface area contributed by atoms with Crippen molar-refractivity contribution in [2.24, 2.45) is 0 Å². The van der Waals surface area contributed by atoms with Gasteiger partial charge in [-0.15, -0.1) is 0 Å². The Bertz CT molecular complexity index is 1370. The quantitative estimate of drug-likeness (QED) is 0.540. The monoisotopic (exact) mass is 502 g/mol. The number of hydrogen-bond donors (Lipinski definition) is 1. The summed E-state index contributed by atoms with van der Waals surface area (Å²) in [5.74, 6) is 0.0877. The van der Waals surface area contributed by atoms with E-state index in [2.05, 4.69) is 11.4 Å². The third-order valence-electron chi connectivity index (χ3n) is 6.25. The van der Waals surface area contributed by atoms with Crippen LogP contribution in [0.1, 0.15) is 24.1 Å². The summed E-state index contributed by atoms with van der Waals surface area (Å²) in [6.45, 7) is 4.25. The molecule has 11 nitrogen and oxygen atoms in total. The Hall–Kier alpha value is -4.59. The third kappa shape index (κ3) is 5.04. The van der Waals surface area contributed by atoms with Gasteiger partial charge in [-0.3, -0.25) is 4.79 Å². The van der Waals surface area contributed by atoms with Crippen molar-refractivity contribution in [3.63, 3.8) is 0 Å². The molecule has 1 atom stereocenters. The summed E-state index contributed by atoms with van der Waals surface area (Å²) in [5, 5.41) is 12.9. The Balaban J connectivity index is 1.38. The molecule has 1 saturated heterocycles. The SMILES string of the molecule is CCOC(=O)N1CCN(c2nc3ccccc3nc2[C@H](C#N)C(=O)NCc2ccc3c(c2)OCO3)CC1. The summed E-state index contributed by atoms with van der Waals surface area (Å²) in [6, 6.07) is 14.9. The summed E-state index contributed by atoms with van der Waals surface area (Å²) >= 11 is 0. The van der Waals surface area contributed by atoms with Crippen LogP contribution in [0.4, 0.5) is 10.6 Å². The number of hydrogen-bond acceptors (Lipinski definition) is 9. The van der Waals surface area contributed by atoms with Gasteiger partial charge >= 0.3 is 6.09 Å². The molecule has 3 aromatic rings. The topological polar surface area (TPSA) is 130 Å². The van der Waals surface area contributed by atoms with E-state index in [1.165, 1.54) is 0 Å². The summed E-state index contributed by atoms with van der Waals surface area (Å²) in [5.41, 5.74) is 2.35. The first-order valence-corrected chi connectivity index (χ1v) is 12.1. The van der Waals surface area contributed by atoms with Gasteiger partial charge in [0.2, 0.25) is 12.7 Å². The second-order valence-corrected chi connectivity index (χ2v) is 8.56. The lowest BCUT2D eigenvalue weighted by atomic mass is 10.0. The highest BCUT2D eigenvalue weighted by Gasteiger charge is 2.31. The maximum Gasteiger partial charge on any atom is 0.409 e. The van der Waals surface area contributed by atoms with Crippen molar-refractivity contribution in [3.05, 3.63) is 53.7 Å². The molecule has 2 amide bonds. The lowest BCUT2D eigenvalue weighted by molar-refractivity contribution is -0.121. The Morgan fingerprint density at radius 1 is 1.08 bits per heavy atom. The van der Waals surface area contributed by atoms with E-state index in [4.69, 9.17) is 24.2 Å². The highest BCUT2D eigenvalue weighted by atomic mass is 16.7. The van der Waals surface area contributed by atoms with Crippen LogP contribution in [-0.2, 0) is 16.1 Å². The predicted molar refractivity (Wildman–Crippen MR) is 133 cm³/mol. The molecular formula is C26H26N6O5. The van der Waals surface area contributed by atoms with Gasteiger partial charge in [0.1, 0.15) is 5.69 Å². The summed E-state index contributed by atoms with van der Waals surface area (Å²) in [6.07, 6.45) is -0.357. The van der Waals surface area contributed by atoms with Gasteiger partial charge in [0.25, 0.3) is 0 Å². The molecule has 2 aliphatic rings. The summed E-state index contributed by atoms with van der Waals surface area (Å²) in [7, 11) is 0. The van der Waals surface area contributed by atoms with Crippen molar-refractivity contribution in [1.82, 2.24) is 20.2 Å². The molecule has 11 heteroatoms. The number of piperazine rings is 1. The molecule has 2 aliphatic heterocycles. The molecule has 0 aliphatic carbocycles. The van der Waals surface area contributed by atoms with Gasteiger partial charge in [0.15, 0.2) is 23.2 Å². The summed E-state index contributed by atoms with van der Waals surface area (Å²) in [4.78, 5) is 38.4. The van der Waals surface area contributed by atoms with Gasteiger partial charge in [-0.25, -0.2) is 14.8 Å². The number of fused-ring (bicyclic) bond motifs is 2. The van der Waals surface area contributed by atoms with Gasteiger partial charge in [-0.1, -0.05) is 18.2 Å². The molecule has 0 spiro atoms. The normalized spacial score (nSPS) is 15.2. The summed E-state index contributed by atoms with van der Waals surface area (Å²) < 4.78 is 15.8. The second kappa shape index (κ2) is 10.6. The van der Waals surface area contributed by atoms with Crippen LogP contribution in [0.2, 0.25) is 0 Å². The van der Waals surface area contributed by atoms with E-state index in [9.17, 15) is 14.9 Å². The number of amides is 2. The number of nitriles is 1. The van der Waals surface area contributed by atoms with E-state index in [0.717, 1.165) is 5.56 Å². The molecule has 0 saturated carbocycles. The van der Waals surface area contributed by atoms with E-state index >= 15 is 0 Å². The highest BCUT2D eigenvalue weighted by molar-refractivity contribution is 5.89. The second-order valence-electron chi connectivity index (χ2n) is 8.56. The minimum absolute atomic E-state index is 0.166. The van der Waals surface area contributed by atoms with Gasteiger partial charge < -0.3 is 29.3 Å². The van der Waals surface area contributed by atoms with Crippen LogP contribution in [0.25, 0.3) is 11.0 Å². The Kier molecular flexibility index (Phi) is 6.89. The molecular weight excluding hydrogens is 476 g/mol. The van der Waals surface area contributed by atoms with Crippen LogP contribution in [0, 0.1) is 11.3 Å². The molecule has 0 unspecified atom stereocenters. The smallest absolute Gasteiger partial charge is 0.409 e. The minimum atomic E-state index is -1.18. The van der Waals surface area contributed by atoms with E-state index in [-0.39, 0.29) is 25.1 Å². The molecule has 0 bridgehead atoms. The van der Waals surface area contributed by atoms with Crippen LogP contribution in [0.5, 0.6) is 11.5 Å². The number of anilines is 1. The first kappa shape index (κ1) is 24.1. The molecule has 0 radical (unpaired) electrons. The Labute approximate surface area is 213 Å². The van der Waals surface area contributed by atoms with E-state index in [1.807, 2.05) is 29.2 Å². The number of nitrogens with one attached hydrogen (secondary N) is 1. The van der Waals surface area contributed by atoms with Crippen molar-refractivity contribution < 1.29 is 23.8 Å². The van der Waals surface area contributed by atoms with E-state index < -0.39 is 11.8 Å². The minimum Gasteiger partial charge on any atom is -0.454 e. The number of aromatic nitrogens is 2. The fraction of sp³-hybridized carbons (Fsp3) is 0.346. The lowest BCUT2D eigenvalue weighted by Gasteiger charge is -2.35. The van der Waals surface area contributed by atoms with Gasteiger partial charge in [0, 0.05) is 32.7 Å². The highest BCUT2D eigenvalue weighted by Crippen LogP contribution is 2.33. The number of rotatable bonds is 6. The van der Waals surface area contributed by atoms with Crippen molar-refractivity contribution in [1.29, 1.82) is 5.26 Å². The van der Waals surface area contributed by atoms with Crippen LogP contribution >= 0.6 is 0 Å². The van der Waals surface area contributed by atoms with Crippen LogP contribution in [-0.4, -0.2) is 66.4 Å². The first-order valence-electron chi connectivity index (χ1n) is 12.1. The van der Waals surface area contributed by atoms with Crippen LogP contribution in [0.15, 0.2) is 42.5 Å². The Morgan fingerprint density at radius 3 is 2.54 bits per heavy atom. The standard InChI is InChI=1S/C26H26N6O5/c1-2-35-26(34)32-11-9-31(10-12-32)24-23(29-19-5-3-4-6-20(19)30-24)18(14-27)25(33)28-15-17-7-8-21-22(13-17)37-16-36-21/h3-8,13,18H,2,9-12,15-16H2,1H3,(H,28,33)/t18-/m0/s1. The number of ether oxygens (including phenoxy) is 3. The van der Waals surface area contributed by atoms with E-state index in [0.29, 0.717) is 61.1 Å². The average Bonchev–Trinajstić information content (AvgIpc) is 3.40. The molecule has 1 fully saturated rings.